The van der Waals surface area contributed by atoms with Crippen LogP contribution in [-0.2, 0) is 6.42 Å². The Hall–Kier alpha value is -1.46. The zero-order valence-corrected chi connectivity index (χ0v) is 12.4. The van der Waals surface area contributed by atoms with Gasteiger partial charge < -0.3 is 19.5 Å². The summed E-state index contributed by atoms with van der Waals surface area (Å²) in [5.74, 6) is 2.25. The maximum Gasteiger partial charge on any atom is 0.164 e. The summed E-state index contributed by atoms with van der Waals surface area (Å²) in [5.41, 5.74) is 1.11. The van der Waals surface area contributed by atoms with Crippen molar-refractivity contribution in [3.8, 4) is 17.2 Å². The molecule has 1 aromatic rings. The lowest BCUT2D eigenvalue weighted by Crippen LogP contribution is -2.30. The van der Waals surface area contributed by atoms with Crippen LogP contribution >= 0.6 is 0 Å². The fourth-order valence-corrected chi connectivity index (χ4v) is 1.95. The second-order valence-electron chi connectivity index (χ2n) is 4.36. The van der Waals surface area contributed by atoms with Crippen molar-refractivity contribution >= 4 is 0 Å². The van der Waals surface area contributed by atoms with E-state index in [2.05, 4.69) is 17.3 Å². The van der Waals surface area contributed by atoms with Crippen LogP contribution < -0.4 is 19.5 Å². The van der Waals surface area contributed by atoms with E-state index < -0.39 is 0 Å². The van der Waals surface area contributed by atoms with Crippen molar-refractivity contribution < 1.29 is 14.2 Å². The minimum atomic E-state index is 0.687. The molecule has 0 radical (unpaired) electrons. The van der Waals surface area contributed by atoms with Gasteiger partial charge in [0.1, 0.15) is 5.75 Å². The third-order valence-electron chi connectivity index (χ3n) is 2.98. The van der Waals surface area contributed by atoms with E-state index in [4.69, 9.17) is 14.2 Å². The number of nitrogens with one attached hydrogen (secondary N) is 1. The van der Waals surface area contributed by atoms with Gasteiger partial charge in [0, 0.05) is 19.3 Å². The van der Waals surface area contributed by atoms with E-state index in [1.54, 1.807) is 21.3 Å². The van der Waals surface area contributed by atoms with Crippen molar-refractivity contribution in [1.82, 2.24) is 10.2 Å². The molecule has 0 saturated heterocycles. The molecule has 1 rings (SSSR count). The molecule has 0 heterocycles. The molecule has 0 atom stereocenters. The van der Waals surface area contributed by atoms with Crippen molar-refractivity contribution in [2.75, 3.05) is 48.6 Å². The molecule has 19 heavy (non-hydrogen) atoms. The van der Waals surface area contributed by atoms with Gasteiger partial charge in [-0.05, 0) is 32.1 Å². The fraction of sp³-hybridized carbons (Fsp3) is 0.571. The Balaban J connectivity index is 2.86. The van der Waals surface area contributed by atoms with Gasteiger partial charge in [0.05, 0.1) is 21.3 Å². The highest BCUT2D eigenvalue weighted by molar-refractivity contribution is 5.50. The van der Waals surface area contributed by atoms with Gasteiger partial charge >= 0.3 is 0 Å². The van der Waals surface area contributed by atoms with Gasteiger partial charge in [0.15, 0.2) is 11.5 Å². The Morgan fingerprint density at radius 1 is 1.00 bits per heavy atom. The number of likely N-dealkylation sites (N-methyl/N-ethyl adjacent to an activating group) is 1. The Bertz CT molecular complexity index is 397. The van der Waals surface area contributed by atoms with E-state index in [0.717, 1.165) is 36.7 Å². The summed E-state index contributed by atoms with van der Waals surface area (Å²) in [6.45, 7) is 1.79. The van der Waals surface area contributed by atoms with Crippen molar-refractivity contribution in [2.24, 2.45) is 0 Å². The van der Waals surface area contributed by atoms with E-state index in [0.29, 0.717) is 5.75 Å². The van der Waals surface area contributed by atoms with Crippen LogP contribution in [-0.4, -0.2) is 53.5 Å². The van der Waals surface area contributed by atoms with Crippen molar-refractivity contribution in [3.63, 3.8) is 0 Å². The molecular weight excluding hydrogens is 244 g/mol. The van der Waals surface area contributed by atoms with Gasteiger partial charge in [-0.3, -0.25) is 4.90 Å². The highest BCUT2D eigenvalue weighted by atomic mass is 16.5. The van der Waals surface area contributed by atoms with E-state index in [1.807, 2.05) is 19.2 Å². The van der Waals surface area contributed by atoms with Crippen molar-refractivity contribution in [3.05, 3.63) is 17.7 Å². The van der Waals surface area contributed by atoms with E-state index in [-0.39, 0.29) is 0 Å². The van der Waals surface area contributed by atoms with Crippen LogP contribution in [0.5, 0.6) is 17.2 Å². The van der Waals surface area contributed by atoms with Crippen LogP contribution in [0.3, 0.4) is 0 Å². The fourth-order valence-electron chi connectivity index (χ4n) is 1.95. The van der Waals surface area contributed by atoms with Crippen LogP contribution in [0.1, 0.15) is 5.56 Å². The molecule has 1 N–H and O–H groups in total. The van der Waals surface area contributed by atoms with Gasteiger partial charge in [0.25, 0.3) is 0 Å². The van der Waals surface area contributed by atoms with Crippen LogP contribution in [0.25, 0.3) is 0 Å². The third-order valence-corrected chi connectivity index (χ3v) is 2.98. The summed E-state index contributed by atoms with van der Waals surface area (Å²) in [6, 6.07) is 3.84. The molecule has 5 heteroatoms. The van der Waals surface area contributed by atoms with Gasteiger partial charge in [-0.15, -0.1) is 0 Å². The number of hydrogen-bond acceptors (Lipinski definition) is 5. The highest BCUT2D eigenvalue weighted by Gasteiger charge is 2.12. The van der Waals surface area contributed by atoms with E-state index in [1.165, 1.54) is 0 Å². The first-order valence-corrected chi connectivity index (χ1v) is 6.28. The molecule has 0 aromatic heterocycles. The normalized spacial score (nSPS) is 10.6. The maximum absolute atomic E-state index is 5.41. The smallest absolute Gasteiger partial charge is 0.164 e. The molecule has 0 bridgehead atoms. The Morgan fingerprint density at radius 3 is 2.11 bits per heavy atom. The number of rotatable bonds is 8. The second kappa shape index (κ2) is 7.86. The van der Waals surface area contributed by atoms with Crippen LogP contribution in [0, 0.1) is 0 Å². The van der Waals surface area contributed by atoms with Gasteiger partial charge in [-0.2, -0.15) is 0 Å². The molecule has 0 aliphatic rings. The predicted molar refractivity (Wildman–Crippen MR) is 76.4 cm³/mol. The lowest BCUT2D eigenvalue weighted by molar-refractivity contribution is 0.317. The SMILES string of the molecule is CNCN(C)CCc1cc(OC)c(OC)cc1OC. The average molecular weight is 268 g/mol. The first-order valence-electron chi connectivity index (χ1n) is 6.28. The third kappa shape index (κ3) is 4.29. The second-order valence-corrected chi connectivity index (χ2v) is 4.36. The molecule has 0 aliphatic carbocycles. The van der Waals surface area contributed by atoms with Gasteiger partial charge in [-0.1, -0.05) is 0 Å². The number of hydrogen-bond donors (Lipinski definition) is 1. The lowest BCUT2D eigenvalue weighted by atomic mass is 10.1. The lowest BCUT2D eigenvalue weighted by Gasteiger charge is -2.18. The number of methoxy groups -OCH3 is 3. The molecule has 1 aromatic carbocycles. The predicted octanol–water partition coefficient (Wildman–Crippen LogP) is 1.36. The minimum Gasteiger partial charge on any atom is -0.496 e. The standard InChI is InChI=1S/C14H24N2O3/c1-15-10-16(2)7-6-11-8-13(18-4)14(19-5)9-12(11)17-3/h8-9,15H,6-7,10H2,1-5H3. The summed E-state index contributed by atoms with van der Waals surface area (Å²) >= 11 is 0. The zero-order chi connectivity index (χ0) is 14.3. The number of nitrogens with zero attached hydrogens (tertiary/aromatic N) is 1. The topological polar surface area (TPSA) is 43.0 Å². The highest BCUT2D eigenvalue weighted by Crippen LogP contribution is 2.34. The van der Waals surface area contributed by atoms with Crippen molar-refractivity contribution in [1.29, 1.82) is 0 Å². The molecule has 0 aliphatic heterocycles. The monoisotopic (exact) mass is 268 g/mol. The van der Waals surface area contributed by atoms with E-state index in [9.17, 15) is 0 Å². The number of ether oxygens (including phenoxy) is 3. The summed E-state index contributed by atoms with van der Waals surface area (Å²) in [4.78, 5) is 2.20. The first kappa shape index (κ1) is 15.6. The molecule has 0 unspecified atom stereocenters. The zero-order valence-electron chi connectivity index (χ0n) is 12.4. The average Bonchev–Trinajstić information content (AvgIpc) is 2.44. The molecule has 0 saturated carbocycles. The first-order chi connectivity index (χ1) is 9.15. The van der Waals surface area contributed by atoms with Crippen LogP contribution in [0.15, 0.2) is 12.1 Å². The quantitative estimate of drug-likeness (QED) is 0.721. The molecule has 5 nitrogen and oxygen atoms in total. The summed E-state index contributed by atoms with van der Waals surface area (Å²) in [5, 5.41) is 3.12. The van der Waals surface area contributed by atoms with Crippen LogP contribution in [0.2, 0.25) is 0 Å². The largest absolute Gasteiger partial charge is 0.496 e. The van der Waals surface area contributed by atoms with Crippen LogP contribution in [0.4, 0.5) is 0 Å². The molecule has 108 valence electrons. The maximum atomic E-state index is 5.41. The number of benzene rings is 1. The molecule has 0 amide bonds. The Kier molecular flexibility index (Phi) is 6.45. The Labute approximate surface area is 115 Å². The van der Waals surface area contributed by atoms with Gasteiger partial charge in [0.2, 0.25) is 0 Å². The molecular formula is C14H24N2O3. The summed E-state index contributed by atoms with van der Waals surface area (Å²) in [6.07, 6.45) is 0.891. The molecule has 0 spiro atoms. The van der Waals surface area contributed by atoms with Crippen molar-refractivity contribution in [2.45, 2.75) is 6.42 Å². The Morgan fingerprint density at radius 2 is 1.58 bits per heavy atom. The van der Waals surface area contributed by atoms with Gasteiger partial charge in [-0.25, -0.2) is 0 Å². The summed E-state index contributed by atoms with van der Waals surface area (Å²) < 4.78 is 16.0. The minimum absolute atomic E-state index is 0.687. The molecule has 0 fully saturated rings. The summed E-state index contributed by atoms with van der Waals surface area (Å²) in [7, 11) is 8.94. The van der Waals surface area contributed by atoms with E-state index >= 15 is 0 Å².